The van der Waals surface area contributed by atoms with Crippen molar-refractivity contribution in [3.63, 3.8) is 0 Å². The van der Waals surface area contributed by atoms with Crippen LogP contribution in [0.1, 0.15) is 9.67 Å². The number of hydrogen-bond donors (Lipinski definition) is 1. The van der Waals surface area contributed by atoms with Crippen LogP contribution in [-0.4, -0.2) is 28.5 Å². The van der Waals surface area contributed by atoms with Crippen molar-refractivity contribution in [3.05, 3.63) is 70.9 Å². The first-order valence-electron chi connectivity index (χ1n) is 8.00. The largest absolute Gasteiger partial charge is 0.497 e. The minimum atomic E-state index is -3.77. The highest BCUT2D eigenvalue weighted by molar-refractivity contribution is 7.93. The molecular formula is C19H18N2O4S2. The lowest BCUT2D eigenvalue weighted by atomic mass is 10.3. The Morgan fingerprint density at radius 3 is 2.37 bits per heavy atom. The third-order valence-corrected chi connectivity index (χ3v) is 6.77. The predicted octanol–water partition coefficient (Wildman–Crippen LogP) is 3.83. The summed E-state index contributed by atoms with van der Waals surface area (Å²) in [6, 6.07) is 17.1. The molecule has 0 radical (unpaired) electrons. The molecule has 2 aromatic carbocycles. The quantitative estimate of drug-likeness (QED) is 0.680. The van der Waals surface area contributed by atoms with Crippen molar-refractivity contribution < 1.29 is 17.9 Å². The topological polar surface area (TPSA) is 75.7 Å². The minimum absolute atomic E-state index is 0.0732. The molecule has 1 aromatic heterocycles. The number of carbonyl (C=O) groups excluding carboxylic acids is 1. The van der Waals surface area contributed by atoms with Crippen molar-refractivity contribution in [2.24, 2.45) is 0 Å². The van der Waals surface area contributed by atoms with Gasteiger partial charge in [0.05, 0.1) is 22.6 Å². The van der Waals surface area contributed by atoms with Crippen molar-refractivity contribution in [1.29, 1.82) is 0 Å². The van der Waals surface area contributed by atoms with Crippen LogP contribution in [0.15, 0.2) is 70.9 Å². The second-order valence-corrected chi connectivity index (χ2v) is 8.52. The fraction of sp³-hybridized carbons (Fsp3) is 0.105. The molecule has 6 nitrogen and oxygen atoms in total. The average Bonchev–Trinajstić information content (AvgIpc) is 3.19. The summed E-state index contributed by atoms with van der Waals surface area (Å²) in [5.41, 5.74) is 1.15. The fourth-order valence-corrected chi connectivity index (χ4v) is 4.73. The Bertz CT molecular complexity index is 1030. The van der Waals surface area contributed by atoms with Crippen LogP contribution in [0.5, 0.6) is 5.75 Å². The van der Waals surface area contributed by atoms with Gasteiger partial charge in [0.2, 0.25) is 0 Å². The van der Waals surface area contributed by atoms with Crippen molar-refractivity contribution >= 4 is 38.6 Å². The van der Waals surface area contributed by atoms with Gasteiger partial charge in [-0.25, -0.2) is 8.42 Å². The lowest BCUT2D eigenvalue weighted by molar-refractivity contribution is 0.103. The van der Waals surface area contributed by atoms with E-state index < -0.39 is 10.0 Å². The van der Waals surface area contributed by atoms with E-state index in [0.717, 1.165) is 11.3 Å². The van der Waals surface area contributed by atoms with Gasteiger partial charge in [-0.2, -0.15) is 0 Å². The van der Waals surface area contributed by atoms with Gasteiger partial charge in [-0.15, -0.1) is 11.3 Å². The standard InChI is InChI=1S/C19H18N2O4S2/c1-21(15-8-10-16(25-2)11-9-15)27(23,24)17-12-18(26-13-17)19(22)20-14-6-4-3-5-7-14/h3-13H,1-2H3,(H,20,22). The number of thiophene rings is 1. The Labute approximate surface area is 162 Å². The van der Waals surface area contributed by atoms with Crippen LogP contribution >= 0.6 is 11.3 Å². The summed E-state index contributed by atoms with van der Waals surface area (Å²) in [5.74, 6) is 0.291. The average molecular weight is 402 g/mol. The molecule has 140 valence electrons. The summed E-state index contributed by atoms with van der Waals surface area (Å²) in [4.78, 5) is 12.7. The molecule has 0 atom stereocenters. The van der Waals surface area contributed by atoms with E-state index in [1.807, 2.05) is 18.2 Å². The molecule has 0 bridgehead atoms. The summed E-state index contributed by atoms with van der Waals surface area (Å²) in [7, 11) is -0.759. The van der Waals surface area contributed by atoms with Crippen LogP contribution in [0, 0.1) is 0 Å². The number of anilines is 2. The van der Waals surface area contributed by atoms with Crippen molar-refractivity contribution in [1.82, 2.24) is 0 Å². The van der Waals surface area contributed by atoms with Crippen LogP contribution in [0.2, 0.25) is 0 Å². The fourth-order valence-electron chi connectivity index (χ4n) is 2.38. The first-order chi connectivity index (χ1) is 12.9. The highest BCUT2D eigenvalue weighted by Crippen LogP contribution is 2.27. The molecule has 0 aliphatic rings. The SMILES string of the molecule is COc1ccc(N(C)S(=O)(=O)c2csc(C(=O)Nc3ccccc3)c2)cc1. The molecule has 0 saturated heterocycles. The molecule has 0 spiro atoms. The number of nitrogens with one attached hydrogen (secondary N) is 1. The number of sulfonamides is 1. The highest BCUT2D eigenvalue weighted by Gasteiger charge is 2.24. The number of rotatable bonds is 6. The number of benzene rings is 2. The summed E-state index contributed by atoms with van der Waals surface area (Å²) in [5, 5.41) is 4.21. The van der Waals surface area contributed by atoms with E-state index in [4.69, 9.17) is 4.74 Å². The van der Waals surface area contributed by atoms with Gasteiger partial charge in [0.1, 0.15) is 5.75 Å². The third-order valence-electron chi connectivity index (χ3n) is 3.93. The molecule has 1 amide bonds. The van der Waals surface area contributed by atoms with Gasteiger partial charge in [0.15, 0.2) is 0 Å². The van der Waals surface area contributed by atoms with E-state index in [2.05, 4.69) is 5.32 Å². The Morgan fingerprint density at radius 1 is 1.07 bits per heavy atom. The van der Waals surface area contributed by atoms with E-state index in [9.17, 15) is 13.2 Å². The molecule has 3 aromatic rings. The Balaban J connectivity index is 1.80. The molecule has 1 heterocycles. The second kappa shape index (κ2) is 7.81. The van der Waals surface area contributed by atoms with Gasteiger partial charge in [-0.05, 0) is 42.5 Å². The molecule has 0 fully saturated rings. The van der Waals surface area contributed by atoms with Crippen molar-refractivity contribution in [2.75, 3.05) is 23.8 Å². The molecule has 8 heteroatoms. The first kappa shape index (κ1) is 18.9. The van der Waals surface area contributed by atoms with Crippen LogP contribution in [0.4, 0.5) is 11.4 Å². The van der Waals surface area contributed by atoms with Crippen LogP contribution in [0.3, 0.4) is 0 Å². The van der Waals surface area contributed by atoms with Gasteiger partial charge in [-0.3, -0.25) is 9.10 Å². The first-order valence-corrected chi connectivity index (χ1v) is 10.3. The van der Waals surface area contributed by atoms with Crippen LogP contribution in [0.25, 0.3) is 0 Å². The molecule has 0 unspecified atom stereocenters. The molecule has 27 heavy (non-hydrogen) atoms. The summed E-state index contributed by atoms with van der Waals surface area (Å²) >= 11 is 1.08. The highest BCUT2D eigenvalue weighted by atomic mass is 32.2. The van der Waals surface area contributed by atoms with Gasteiger partial charge in [0, 0.05) is 18.1 Å². The molecule has 3 rings (SSSR count). The Morgan fingerprint density at radius 2 is 1.74 bits per heavy atom. The summed E-state index contributed by atoms with van der Waals surface area (Å²) < 4.78 is 32.0. The number of hydrogen-bond acceptors (Lipinski definition) is 5. The zero-order valence-corrected chi connectivity index (χ0v) is 16.4. The number of amides is 1. The zero-order chi connectivity index (χ0) is 19.4. The summed E-state index contributed by atoms with van der Waals surface area (Å²) in [6.07, 6.45) is 0. The Hall–Kier alpha value is -2.84. The number of carbonyl (C=O) groups is 1. The van der Waals surface area contributed by atoms with E-state index in [1.54, 1.807) is 43.5 Å². The monoisotopic (exact) mass is 402 g/mol. The van der Waals surface area contributed by atoms with Crippen molar-refractivity contribution in [3.8, 4) is 5.75 Å². The van der Waals surface area contributed by atoms with Gasteiger partial charge in [-0.1, -0.05) is 18.2 Å². The predicted molar refractivity (Wildman–Crippen MR) is 107 cm³/mol. The zero-order valence-electron chi connectivity index (χ0n) is 14.7. The van der Waals surface area contributed by atoms with Gasteiger partial charge in [0.25, 0.3) is 15.9 Å². The number of nitrogens with zero attached hydrogens (tertiary/aromatic N) is 1. The Kier molecular flexibility index (Phi) is 5.48. The van der Waals surface area contributed by atoms with Gasteiger partial charge >= 0.3 is 0 Å². The molecule has 0 saturated carbocycles. The van der Waals surface area contributed by atoms with E-state index in [0.29, 0.717) is 22.0 Å². The van der Waals surface area contributed by atoms with E-state index in [-0.39, 0.29) is 10.8 Å². The van der Waals surface area contributed by atoms with E-state index in [1.165, 1.54) is 22.8 Å². The molecular weight excluding hydrogens is 384 g/mol. The molecule has 1 N–H and O–H groups in total. The maximum absolute atomic E-state index is 12.9. The summed E-state index contributed by atoms with van der Waals surface area (Å²) in [6.45, 7) is 0. The maximum Gasteiger partial charge on any atom is 0.265 e. The second-order valence-electron chi connectivity index (χ2n) is 5.64. The normalized spacial score (nSPS) is 11.0. The number of para-hydroxylation sites is 1. The lowest BCUT2D eigenvalue weighted by Crippen LogP contribution is -2.26. The maximum atomic E-state index is 12.9. The lowest BCUT2D eigenvalue weighted by Gasteiger charge is -2.18. The van der Waals surface area contributed by atoms with E-state index >= 15 is 0 Å². The van der Waals surface area contributed by atoms with Gasteiger partial charge < -0.3 is 10.1 Å². The van der Waals surface area contributed by atoms with Crippen LogP contribution in [-0.2, 0) is 10.0 Å². The van der Waals surface area contributed by atoms with Crippen molar-refractivity contribution in [2.45, 2.75) is 4.90 Å². The molecule has 0 aliphatic carbocycles. The number of ether oxygens (including phenoxy) is 1. The van der Waals surface area contributed by atoms with Crippen LogP contribution < -0.4 is 14.4 Å². The number of methoxy groups -OCH3 is 1. The minimum Gasteiger partial charge on any atom is -0.497 e. The molecule has 0 aliphatic heterocycles. The smallest absolute Gasteiger partial charge is 0.265 e. The third kappa shape index (κ3) is 4.12.